The Morgan fingerprint density at radius 3 is 3.00 bits per heavy atom. The Morgan fingerprint density at radius 1 is 1.47 bits per heavy atom. The zero-order chi connectivity index (χ0) is 13.7. The van der Waals surface area contributed by atoms with Gasteiger partial charge in [0.25, 0.3) is 5.69 Å². The Hall–Kier alpha value is -1.66. The van der Waals surface area contributed by atoms with Gasteiger partial charge in [0.2, 0.25) is 0 Å². The molecule has 1 saturated heterocycles. The molecule has 1 unspecified atom stereocenters. The van der Waals surface area contributed by atoms with Crippen molar-refractivity contribution in [3.05, 3.63) is 34.4 Å². The molecule has 0 aliphatic carbocycles. The first-order valence-corrected chi connectivity index (χ1v) is 6.43. The molecule has 1 aliphatic rings. The molecule has 1 aliphatic heterocycles. The summed E-state index contributed by atoms with van der Waals surface area (Å²) in [4.78, 5) is 12.7. The molecule has 0 radical (unpaired) electrons. The van der Waals surface area contributed by atoms with Gasteiger partial charge in [-0.15, -0.1) is 0 Å². The van der Waals surface area contributed by atoms with Crippen molar-refractivity contribution in [2.75, 3.05) is 31.2 Å². The molecular formula is C13H18N2O4. The Labute approximate surface area is 111 Å². The molecule has 2 rings (SSSR count). The minimum Gasteiger partial charge on any atom is -0.394 e. The summed E-state index contributed by atoms with van der Waals surface area (Å²) in [7, 11) is 0. The van der Waals surface area contributed by atoms with E-state index >= 15 is 0 Å². The third-order valence-corrected chi connectivity index (χ3v) is 3.24. The maximum absolute atomic E-state index is 11.0. The van der Waals surface area contributed by atoms with Gasteiger partial charge in [-0.2, -0.15) is 0 Å². The third-order valence-electron chi connectivity index (χ3n) is 3.24. The van der Waals surface area contributed by atoms with Gasteiger partial charge < -0.3 is 14.7 Å². The second-order valence-corrected chi connectivity index (χ2v) is 4.55. The Balaban J connectivity index is 2.11. The Bertz CT molecular complexity index is 438. The van der Waals surface area contributed by atoms with Crippen molar-refractivity contribution in [3.8, 4) is 0 Å². The van der Waals surface area contributed by atoms with Gasteiger partial charge in [0.15, 0.2) is 0 Å². The van der Waals surface area contributed by atoms with Crippen LogP contribution in [-0.2, 0) is 4.74 Å². The van der Waals surface area contributed by atoms with E-state index in [2.05, 4.69) is 0 Å². The monoisotopic (exact) mass is 266 g/mol. The van der Waals surface area contributed by atoms with Gasteiger partial charge in [-0.1, -0.05) is 12.1 Å². The van der Waals surface area contributed by atoms with Crippen LogP contribution >= 0.6 is 0 Å². The van der Waals surface area contributed by atoms with Crippen molar-refractivity contribution in [2.24, 2.45) is 0 Å². The molecule has 0 saturated carbocycles. The predicted molar refractivity (Wildman–Crippen MR) is 71.4 cm³/mol. The number of piperidine rings is 1. The van der Waals surface area contributed by atoms with Gasteiger partial charge in [0, 0.05) is 19.2 Å². The summed E-state index contributed by atoms with van der Waals surface area (Å²) in [6.07, 6.45) is 1.89. The highest BCUT2D eigenvalue weighted by molar-refractivity contribution is 5.63. The van der Waals surface area contributed by atoms with Crippen molar-refractivity contribution in [1.29, 1.82) is 0 Å². The van der Waals surface area contributed by atoms with Gasteiger partial charge >= 0.3 is 0 Å². The molecule has 1 fully saturated rings. The van der Waals surface area contributed by atoms with Gasteiger partial charge in [-0.05, 0) is 18.9 Å². The summed E-state index contributed by atoms with van der Waals surface area (Å²) < 4.78 is 5.52. The standard InChI is InChI=1S/C13H18N2O4/c16-8-9-19-11-4-3-7-14(10-11)12-5-1-2-6-13(12)15(17)18/h1-2,5-6,11,16H,3-4,7-10H2. The van der Waals surface area contributed by atoms with Crippen LogP contribution in [0.2, 0.25) is 0 Å². The first-order valence-electron chi connectivity index (χ1n) is 6.43. The number of hydrogen-bond donors (Lipinski definition) is 1. The minimum atomic E-state index is -0.354. The van der Waals surface area contributed by atoms with Crippen LogP contribution in [0.3, 0.4) is 0 Å². The normalized spacial score (nSPS) is 19.4. The summed E-state index contributed by atoms with van der Waals surface area (Å²) in [5.74, 6) is 0. The lowest BCUT2D eigenvalue weighted by atomic mass is 10.1. The molecule has 1 heterocycles. The van der Waals surface area contributed by atoms with Gasteiger partial charge in [-0.3, -0.25) is 10.1 Å². The quantitative estimate of drug-likeness (QED) is 0.646. The lowest BCUT2D eigenvalue weighted by molar-refractivity contribution is -0.384. The molecule has 1 aromatic carbocycles. The molecule has 0 spiro atoms. The van der Waals surface area contributed by atoms with Gasteiger partial charge in [0.05, 0.1) is 24.2 Å². The second-order valence-electron chi connectivity index (χ2n) is 4.55. The topological polar surface area (TPSA) is 75.8 Å². The lowest BCUT2D eigenvalue weighted by Gasteiger charge is -2.33. The molecule has 6 heteroatoms. The first kappa shape index (κ1) is 13.8. The number of anilines is 1. The molecule has 1 atom stereocenters. The first-order chi connectivity index (χ1) is 9.22. The Kier molecular flexibility index (Phi) is 4.70. The smallest absolute Gasteiger partial charge is 0.292 e. The van der Waals surface area contributed by atoms with Gasteiger partial charge in [0.1, 0.15) is 5.69 Å². The highest BCUT2D eigenvalue weighted by Crippen LogP contribution is 2.30. The molecule has 19 heavy (non-hydrogen) atoms. The summed E-state index contributed by atoms with van der Waals surface area (Å²) in [5, 5.41) is 19.8. The predicted octanol–water partition coefficient (Wildman–Crippen LogP) is 1.57. The maximum atomic E-state index is 11.0. The van der Waals surface area contributed by atoms with Crippen molar-refractivity contribution in [3.63, 3.8) is 0 Å². The van der Waals surface area contributed by atoms with Crippen LogP contribution in [0.5, 0.6) is 0 Å². The van der Waals surface area contributed by atoms with E-state index in [9.17, 15) is 10.1 Å². The van der Waals surface area contributed by atoms with Crippen molar-refractivity contribution in [2.45, 2.75) is 18.9 Å². The highest BCUT2D eigenvalue weighted by Gasteiger charge is 2.25. The fraction of sp³-hybridized carbons (Fsp3) is 0.538. The Morgan fingerprint density at radius 2 is 2.26 bits per heavy atom. The molecular weight excluding hydrogens is 248 g/mol. The number of aliphatic hydroxyl groups excluding tert-OH is 1. The molecule has 6 nitrogen and oxygen atoms in total. The summed E-state index contributed by atoms with van der Waals surface area (Å²) in [6, 6.07) is 6.77. The number of nitro groups is 1. The maximum Gasteiger partial charge on any atom is 0.292 e. The van der Waals surface area contributed by atoms with E-state index in [1.54, 1.807) is 18.2 Å². The van der Waals surface area contributed by atoms with Crippen LogP contribution in [0.15, 0.2) is 24.3 Å². The average molecular weight is 266 g/mol. The largest absolute Gasteiger partial charge is 0.394 e. The zero-order valence-electron chi connectivity index (χ0n) is 10.7. The number of aliphatic hydroxyl groups is 1. The SMILES string of the molecule is O=[N+]([O-])c1ccccc1N1CCCC(OCCO)C1. The fourth-order valence-corrected chi connectivity index (χ4v) is 2.40. The van der Waals surface area contributed by atoms with Crippen LogP contribution in [-0.4, -0.2) is 42.4 Å². The minimum absolute atomic E-state index is 0.00197. The molecule has 1 N–H and O–H groups in total. The fourth-order valence-electron chi connectivity index (χ4n) is 2.40. The summed E-state index contributed by atoms with van der Waals surface area (Å²) in [5.41, 5.74) is 0.773. The number of nitro benzene ring substituents is 1. The van der Waals surface area contributed by atoms with E-state index in [0.29, 0.717) is 18.8 Å². The van der Waals surface area contributed by atoms with Crippen LogP contribution in [0.1, 0.15) is 12.8 Å². The highest BCUT2D eigenvalue weighted by atomic mass is 16.6. The van der Waals surface area contributed by atoms with Crippen molar-refractivity contribution in [1.82, 2.24) is 0 Å². The van der Waals surface area contributed by atoms with E-state index in [1.807, 2.05) is 4.90 Å². The summed E-state index contributed by atoms with van der Waals surface area (Å²) in [6.45, 7) is 1.74. The molecule has 0 amide bonds. The van der Waals surface area contributed by atoms with E-state index in [1.165, 1.54) is 6.07 Å². The van der Waals surface area contributed by atoms with E-state index < -0.39 is 0 Å². The molecule has 104 valence electrons. The zero-order valence-corrected chi connectivity index (χ0v) is 10.7. The van der Waals surface area contributed by atoms with Gasteiger partial charge in [-0.25, -0.2) is 0 Å². The number of para-hydroxylation sites is 2. The van der Waals surface area contributed by atoms with E-state index in [4.69, 9.17) is 9.84 Å². The number of nitrogens with zero attached hydrogens (tertiary/aromatic N) is 2. The van der Waals surface area contributed by atoms with Crippen LogP contribution < -0.4 is 4.90 Å². The average Bonchev–Trinajstić information content (AvgIpc) is 2.45. The number of benzene rings is 1. The summed E-state index contributed by atoms with van der Waals surface area (Å²) >= 11 is 0. The number of hydrogen-bond acceptors (Lipinski definition) is 5. The molecule has 1 aromatic rings. The molecule has 0 aromatic heterocycles. The van der Waals surface area contributed by atoms with Crippen LogP contribution in [0.4, 0.5) is 11.4 Å². The number of rotatable bonds is 5. The van der Waals surface area contributed by atoms with Crippen molar-refractivity contribution < 1.29 is 14.8 Å². The molecule has 0 bridgehead atoms. The second kappa shape index (κ2) is 6.49. The van der Waals surface area contributed by atoms with E-state index in [0.717, 1.165) is 19.4 Å². The van der Waals surface area contributed by atoms with Crippen LogP contribution in [0.25, 0.3) is 0 Å². The lowest BCUT2D eigenvalue weighted by Crippen LogP contribution is -2.40. The number of ether oxygens (including phenoxy) is 1. The van der Waals surface area contributed by atoms with Crippen LogP contribution in [0, 0.1) is 10.1 Å². The third kappa shape index (κ3) is 3.42. The van der Waals surface area contributed by atoms with Crippen molar-refractivity contribution >= 4 is 11.4 Å². The van der Waals surface area contributed by atoms with E-state index in [-0.39, 0.29) is 23.3 Å².